The molecule has 1 aliphatic rings. The summed E-state index contributed by atoms with van der Waals surface area (Å²) in [5.41, 5.74) is 1.69. The number of hydrogen-bond donors (Lipinski definition) is 0. The first-order chi connectivity index (χ1) is 12.9. The fourth-order valence-corrected chi connectivity index (χ4v) is 2.90. The summed E-state index contributed by atoms with van der Waals surface area (Å²) >= 11 is 0. The maximum Gasteiger partial charge on any atom is 0.228 e. The molecule has 3 aromatic rings. The van der Waals surface area contributed by atoms with E-state index < -0.39 is 17.5 Å². The van der Waals surface area contributed by atoms with Gasteiger partial charge in [0.15, 0.2) is 17.3 Å². The highest BCUT2D eigenvalue weighted by Gasteiger charge is 2.22. The van der Waals surface area contributed by atoms with Crippen LogP contribution in [-0.2, 0) is 4.74 Å². The van der Waals surface area contributed by atoms with E-state index in [1.165, 1.54) is 0 Å². The maximum absolute atomic E-state index is 14.4. The molecule has 0 atom stereocenters. The molecule has 1 aliphatic heterocycles. The zero-order valence-electron chi connectivity index (χ0n) is 14.8. The lowest BCUT2D eigenvalue weighted by atomic mass is 10.1. The van der Waals surface area contributed by atoms with Crippen molar-refractivity contribution in [3.63, 3.8) is 0 Å². The topological polar surface area (TPSA) is 64.0 Å². The van der Waals surface area contributed by atoms with E-state index in [-0.39, 0.29) is 22.4 Å². The number of halogens is 3. The van der Waals surface area contributed by atoms with Gasteiger partial charge < -0.3 is 9.64 Å². The van der Waals surface area contributed by atoms with Crippen molar-refractivity contribution in [1.29, 1.82) is 0 Å². The summed E-state index contributed by atoms with van der Waals surface area (Å²) in [5, 5.41) is 0. The molecule has 9 heteroatoms. The van der Waals surface area contributed by atoms with Crippen molar-refractivity contribution in [2.75, 3.05) is 31.2 Å². The highest BCUT2D eigenvalue weighted by atomic mass is 19.2. The lowest BCUT2D eigenvalue weighted by Crippen LogP contribution is -2.37. The van der Waals surface area contributed by atoms with Crippen molar-refractivity contribution in [3.05, 3.63) is 41.0 Å². The summed E-state index contributed by atoms with van der Waals surface area (Å²) in [6, 6.07) is 1.29. The lowest BCUT2D eigenvalue weighted by molar-refractivity contribution is 0.122. The summed E-state index contributed by atoms with van der Waals surface area (Å²) in [4.78, 5) is 19.6. The van der Waals surface area contributed by atoms with E-state index in [0.717, 1.165) is 6.07 Å². The Morgan fingerprint density at radius 1 is 0.852 bits per heavy atom. The number of nitrogens with zero attached hydrogens (tertiary/aromatic N) is 5. The van der Waals surface area contributed by atoms with Crippen LogP contribution >= 0.6 is 0 Å². The summed E-state index contributed by atoms with van der Waals surface area (Å²) in [6.07, 6.45) is 0. The van der Waals surface area contributed by atoms with Gasteiger partial charge in [-0.1, -0.05) is 0 Å². The molecule has 0 N–H and O–H groups in total. The number of hydrogen-bond acceptors (Lipinski definition) is 6. The van der Waals surface area contributed by atoms with Crippen molar-refractivity contribution in [2.45, 2.75) is 13.8 Å². The predicted molar refractivity (Wildman–Crippen MR) is 92.9 cm³/mol. The van der Waals surface area contributed by atoms with Gasteiger partial charge in [0.1, 0.15) is 17.0 Å². The molecule has 0 radical (unpaired) electrons. The van der Waals surface area contributed by atoms with Crippen molar-refractivity contribution >= 4 is 17.1 Å². The van der Waals surface area contributed by atoms with Gasteiger partial charge in [-0.25, -0.2) is 28.1 Å². The third-order valence-corrected chi connectivity index (χ3v) is 4.49. The second-order valence-electron chi connectivity index (χ2n) is 6.28. The average molecular weight is 375 g/mol. The fourth-order valence-electron chi connectivity index (χ4n) is 2.90. The van der Waals surface area contributed by atoms with Gasteiger partial charge >= 0.3 is 0 Å². The first-order valence-corrected chi connectivity index (χ1v) is 8.44. The van der Waals surface area contributed by atoms with Crippen LogP contribution in [0.1, 0.15) is 11.4 Å². The van der Waals surface area contributed by atoms with Gasteiger partial charge in [-0.05, 0) is 19.9 Å². The Labute approximate surface area is 153 Å². The second kappa shape index (κ2) is 6.73. The molecule has 0 spiro atoms. The highest BCUT2D eigenvalue weighted by Crippen LogP contribution is 2.30. The lowest BCUT2D eigenvalue weighted by Gasteiger charge is -2.27. The number of benzene rings is 1. The molecule has 0 saturated carbocycles. The molecule has 27 heavy (non-hydrogen) atoms. The van der Waals surface area contributed by atoms with E-state index >= 15 is 0 Å². The monoisotopic (exact) mass is 375 g/mol. The normalized spacial score (nSPS) is 14.8. The minimum absolute atomic E-state index is 0.0773. The summed E-state index contributed by atoms with van der Waals surface area (Å²) in [5.74, 6) is -3.03. The van der Waals surface area contributed by atoms with Crippen molar-refractivity contribution in [1.82, 2.24) is 19.9 Å². The average Bonchev–Trinajstić information content (AvgIpc) is 2.66. The molecule has 6 nitrogen and oxygen atoms in total. The van der Waals surface area contributed by atoms with E-state index in [0.29, 0.717) is 49.7 Å². The largest absolute Gasteiger partial charge is 0.378 e. The zero-order chi connectivity index (χ0) is 19.1. The van der Waals surface area contributed by atoms with Crippen LogP contribution in [0.3, 0.4) is 0 Å². The number of rotatable bonds is 2. The van der Waals surface area contributed by atoms with Crippen LogP contribution in [0.5, 0.6) is 0 Å². The molecule has 0 amide bonds. The standard InChI is InChI=1S/C18H16F3N5O/c1-9-10(2)23-17-16(22-9)15(11-7-13(20)14(21)8-12(11)19)24-18(25-17)26-3-5-27-6-4-26/h7-8H,3-6H2,1-2H3. The molecule has 0 bridgehead atoms. The molecular weight excluding hydrogens is 359 g/mol. The third-order valence-electron chi connectivity index (χ3n) is 4.49. The van der Waals surface area contributed by atoms with Crippen LogP contribution in [-0.4, -0.2) is 46.2 Å². The molecular formula is C18H16F3N5O. The van der Waals surface area contributed by atoms with Crippen molar-refractivity contribution in [2.24, 2.45) is 0 Å². The van der Waals surface area contributed by atoms with E-state index in [1.807, 2.05) is 4.90 Å². The number of fused-ring (bicyclic) bond motifs is 1. The summed E-state index contributed by atoms with van der Waals surface area (Å²) in [6.45, 7) is 5.68. The van der Waals surface area contributed by atoms with E-state index in [9.17, 15) is 13.2 Å². The second-order valence-corrected chi connectivity index (χ2v) is 6.28. The molecule has 1 fully saturated rings. The van der Waals surface area contributed by atoms with Gasteiger partial charge in [0.05, 0.1) is 24.6 Å². The Morgan fingerprint density at radius 2 is 1.52 bits per heavy atom. The molecule has 1 aromatic carbocycles. The highest BCUT2D eigenvalue weighted by molar-refractivity contribution is 5.88. The zero-order valence-corrected chi connectivity index (χ0v) is 14.8. The molecule has 0 aliphatic carbocycles. The fraction of sp³-hybridized carbons (Fsp3) is 0.333. The van der Waals surface area contributed by atoms with Crippen LogP contribution in [0, 0.1) is 31.3 Å². The Hall–Kier alpha value is -2.81. The van der Waals surface area contributed by atoms with Crippen LogP contribution in [0.4, 0.5) is 19.1 Å². The van der Waals surface area contributed by atoms with Gasteiger partial charge in [-0.3, -0.25) is 0 Å². The minimum Gasteiger partial charge on any atom is -0.378 e. The van der Waals surface area contributed by atoms with Gasteiger partial charge in [-0.2, -0.15) is 4.98 Å². The Kier molecular flexibility index (Phi) is 4.39. The smallest absolute Gasteiger partial charge is 0.228 e. The number of aromatic nitrogens is 4. The van der Waals surface area contributed by atoms with E-state index in [4.69, 9.17) is 4.74 Å². The molecule has 140 valence electrons. The summed E-state index contributed by atoms with van der Waals surface area (Å²) in [7, 11) is 0. The quantitative estimate of drug-likeness (QED) is 0.642. The van der Waals surface area contributed by atoms with E-state index in [2.05, 4.69) is 19.9 Å². The molecule has 3 heterocycles. The number of morpholine rings is 1. The first-order valence-electron chi connectivity index (χ1n) is 8.44. The summed E-state index contributed by atoms with van der Waals surface area (Å²) < 4.78 is 47.0. The van der Waals surface area contributed by atoms with Gasteiger partial charge in [0, 0.05) is 24.7 Å². The Balaban J connectivity index is 1.99. The van der Waals surface area contributed by atoms with Crippen LogP contribution in [0.2, 0.25) is 0 Å². The minimum atomic E-state index is -1.26. The van der Waals surface area contributed by atoms with E-state index in [1.54, 1.807) is 13.8 Å². The Bertz CT molecular complexity index is 1040. The van der Waals surface area contributed by atoms with Crippen molar-refractivity contribution in [3.8, 4) is 11.3 Å². The van der Waals surface area contributed by atoms with Crippen LogP contribution in [0.25, 0.3) is 22.4 Å². The number of ether oxygens (including phenoxy) is 1. The number of aryl methyl sites for hydroxylation is 2. The van der Waals surface area contributed by atoms with Crippen molar-refractivity contribution < 1.29 is 17.9 Å². The maximum atomic E-state index is 14.4. The van der Waals surface area contributed by atoms with Gasteiger partial charge in [0.2, 0.25) is 5.95 Å². The van der Waals surface area contributed by atoms with Crippen LogP contribution in [0.15, 0.2) is 12.1 Å². The Morgan fingerprint density at radius 3 is 2.26 bits per heavy atom. The predicted octanol–water partition coefficient (Wildman–Crippen LogP) is 2.96. The third kappa shape index (κ3) is 3.18. The van der Waals surface area contributed by atoms with Gasteiger partial charge in [-0.15, -0.1) is 0 Å². The molecule has 2 aromatic heterocycles. The van der Waals surface area contributed by atoms with Gasteiger partial charge in [0.25, 0.3) is 0 Å². The molecule has 0 unspecified atom stereocenters. The first kappa shape index (κ1) is 17.6. The molecule has 1 saturated heterocycles. The molecule has 4 rings (SSSR count). The number of anilines is 1. The SMILES string of the molecule is Cc1nc2nc(N3CCOCC3)nc(-c3cc(F)c(F)cc3F)c2nc1C. The van der Waals surface area contributed by atoms with Crippen LogP contribution < -0.4 is 4.90 Å².